The fourth-order valence-corrected chi connectivity index (χ4v) is 5.93. The Morgan fingerprint density at radius 3 is 1.68 bits per heavy atom. The molecule has 0 aliphatic carbocycles. The zero-order valence-electron chi connectivity index (χ0n) is 26.4. The number of azo groups is 3. The summed E-state index contributed by atoms with van der Waals surface area (Å²) in [5, 5.41) is 39.4. The topological polar surface area (TPSA) is 149 Å². The second-order valence-electron chi connectivity index (χ2n) is 11.4. The number of phenols is 1. The first-order valence-corrected chi connectivity index (χ1v) is 17.0. The number of benzene rings is 7. The first-order valence-electron chi connectivity index (χ1n) is 15.5. The number of rotatable bonds is 9. The minimum atomic E-state index is -4.51. The SMILES string of the molecule is O=S(=O)(O)c1ccc2c(N=Nc3ccc(N=Nc4ccccc4)cc3)ccc(N=Nc3ccc4cc(Cc5ccccc5)ccc4c3O)c2c1. The summed E-state index contributed by atoms with van der Waals surface area (Å²) in [6, 6.07) is 43.4. The van der Waals surface area contributed by atoms with Gasteiger partial charge in [-0.05, 0) is 89.7 Å². The van der Waals surface area contributed by atoms with Crippen LogP contribution in [0.3, 0.4) is 0 Å². The Hall–Kier alpha value is -6.43. The second-order valence-corrected chi connectivity index (χ2v) is 12.8. The van der Waals surface area contributed by atoms with Gasteiger partial charge in [0.25, 0.3) is 10.1 Å². The molecule has 0 aliphatic rings. The molecule has 7 rings (SSSR count). The molecule has 0 atom stereocenters. The quantitative estimate of drug-likeness (QED) is 0.115. The van der Waals surface area contributed by atoms with Gasteiger partial charge >= 0.3 is 0 Å². The van der Waals surface area contributed by atoms with Gasteiger partial charge in [0.2, 0.25) is 0 Å². The summed E-state index contributed by atoms with van der Waals surface area (Å²) in [6.07, 6.45) is 0.765. The average molecular weight is 677 g/mol. The maximum Gasteiger partial charge on any atom is 0.294 e. The van der Waals surface area contributed by atoms with E-state index < -0.39 is 10.1 Å². The Morgan fingerprint density at radius 2 is 1.00 bits per heavy atom. The fourth-order valence-electron chi connectivity index (χ4n) is 5.42. The summed E-state index contributed by atoms with van der Waals surface area (Å²) in [6.45, 7) is 0. The van der Waals surface area contributed by atoms with Crippen molar-refractivity contribution < 1.29 is 18.1 Å². The third-order valence-electron chi connectivity index (χ3n) is 7.95. The molecule has 0 heterocycles. The van der Waals surface area contributed by atoms with Crippen LogP contribution in [0.5, 0.6) is 5.75 Å². The fraction of sp³-hybridized carbons (Fsp3) is 0.0256. The minimum absolute atomic E-state index is 0.0292. The van der Waals surface area contributed by atoms with Gasteiger partial charge in [0, 0.05) is 16.2 Å². The largest absolute Gasteiger partial charge is 0.505 e. The number of hydrogen-bond acceptors (Lipinski definition) is 9. The van der Waals surface area contributed by atoms with Crippen molar-refractivity contribution in [1.29, 1.82) is 0 Å². The van der Waals surface area contributed by atoms with Crippen LogP contribution in [-0.2, 0) is 16.5 Å². The van der Waals surface area contributed by atoms with E-state index in [2.05, 4.69) is 42.8 Å². The molecule has 0 radical (unpaired) electrons. The monoisotopic (exact) mass is 676 g/mol. The number of hydrogen-bond donors (Lipinski definition) is 2. The van der Waals surface area contributed by atoms with Gasteiger partial charge in [-0.15, -0.1) is 15.3 Å². The summed E-state index contributed by atoms with van der Waals surface area (Å²) in [4.78, 5) is -0.310. The van der Waals surface area contributed by atoms with E-state index in [4.69, 9.17) is 0 Å². The van der Waals surface area contributed by atoms with Crippen molar-refractivity contribution >= 4 is 65.8 Å². The Bertz CT molecular complexity index is 2540. The van der Waals surface area contributed by atoms with E-state index >= 15 is 0 Å². The molecule has 0 fully saturated rings. The smallest absolute Gasteiger partial charge is 0.294 e. The predicted molar refractivity (Wildman–Crippen MR) is 194 cm³/mol. The van der Waals surface area contributed by atoms with Crippen molar-refractivity contribution in [2.75, 3.05) is 0 Å². The minimum Gasteiger partial charge on any atom is -0.505 e. The lowest BCUT2D eigenvalue weighted by molar-refractivity contribution is 0.482. The third-order valence-corrected chi connectivity index (χ3v) is 8.80. The molecule has 0 bridgehead atoms. The van der Waals surface area contributed by atoms with E-state index in [1.807, 2.05) is 72.8 Å². The Kier molecular flexibility index (Phi) is 8.98. The highest BCUT2D eigenvalue weighted by Gasteiger charge is 2.14. The van der Waals surface area contributed by atoms with E-state index in [-0.39, 0.29) is 16.3 Å². The van der Waals surface area contributed by atoms with Crippen LogP contribution in [0.1, 0.15) is 11.1 Å². The maximum atomic E-state index is 12.0. The van der Waals surface area contributed by atoms with Crippen molar-refractivity contribution in [1.82, 2.24) is 0 Å². The lowest BCUT2D eigenvalue weighted by atomic mass is 10.0. The first-order chi connectivity index (χ1) is 24.3. The van der Waals surface area contributed by atoms with Crippen LogP contribution < -0.4 is 0 Å². The standard InChI is InChI=1S/C39H28N6O4S/c46-39-33-18-11-27(23-26-7-3-1-4-8-26)24-28(33)12-20-38(39)45-44-37-22-21-36(34-19-17-32(25-35(34)37)50(47,48)49)43-42-31-15-13-30(14-16-31)41-40-29-9-5-2-6-10-29/h1-22,24-25,46H,23H2,(H,47,48,49). The molecule has 0 saturated heterocycles. The lowest BCUT2D eigenvalue weighted by Crippen LogP contribution is -1.97. The summed E-state index contributed by atoms with van der Waals surface area (Å²) < 4.78 is 33.8. The molecule has 0 saturated carbocycles. The Morgan fingerprint density at radius 1 is 0.460 bits per heavy atom. The highest BCUT2D eigenvalue weighted by Crippen LogP contribution is 2.39. The lowest BCUT2D eigenvalue weighted by Gasteiger charge is -2.08. The summed E-state index contributed by atoms with van der Waals surface area (Å²) >= 11 is 0. The van der Waals surface area contributed by atoms with Gasteiger partial charge in [-0.1, -0.05) is 78.9 Å². The zero-order chi connectivity index (χ0) is 34.5. The number of fused-ring (bicyclic) bond motifs is 2. The van der Waals surface area contributed by atoms with Crippen molar-refractivity contribution in [3.8, 4) is 5.75 Å². The van der Waals surface area contributed by atoms with Crippen molar-refractivity contribution in [2.24, 2.45) is 30.7 Å². The van der Waals surface area contributed by atoms with Crippen LogP contribution in [0.15, 0.2) is 181 Å². The van der Waals surface area contributed by atoms with Crippen molar-refractivity contribution in [2.45, 2.75) is 11.3 Å². The highest BCUT2D eigenvalue weighted by atomic mass is 32.2. The number of aromatic hydroxyl groups is 1. The van der Waals surface area contributed by atoms with Crippen molar-refractivity contribution in [3.05, 3.63) is 157 Å². The molecule has 0 amide bonds. The van der Waals surface area contributed by atoms with Crippen LogP contribution in [-0.4, -0.2) is 18.1 Å². The van der Waals surface area contributed by atoms with E-state index in [1.54, 1.807) is 42.5 Å². The molecular formula is C39H28N6O4S. The molecule has 0 aromatic heterocycles. The van der Waals surface area contributed by atoms with Gasteiger partial charge in [-0.25, -0.2) is 0 Å². The maximum absolute atomic E-state index is 12.0. The van der Waals surface area contributed by atoms with Crippen molar-refractivity contribution in [3.63, 3.8) is 0 Å². The molecule has 7 aromatic rings. The highest BCUT2D eigenvalue weighted by molar-refractivity contribution is 7.85. The van der Waals surface area contributed by atoms with Crippen LogP contribution >= 0.6 is 0 Å². The molecule has 0 spiro atoms. The van der Waals surface area contributed by atoms with E-state index in [0.29, 0.717) is 38.9 Å². The zero-order valence-corrected chi connectivity index (χ0v) is 27.2. The predicted octanol–water partition coefficient (Wildman–Crippen LogP) is 11.8. The van der Waals surface area contributed by atoms with E-state index in [0.717, 1.165) is 23.1 Å². The van der Waals surface area contributed by atoms with Crippen LogP contribution in [0.2, 0.25) is 0 Å². The molecule has 50 heavy (non-hydrogen) atoms. The molecule has 2 N–H and O–H groups in total. The Balaban J connectivity index is 1.17. The first kappa shape index (κ1) is 32.1. The summed E-state index contributed by atoms with van der Waals surface area (Å²) in [5.74, 6) is -0.0292. The molecule has 244 valence electrons. The van der Waals surface area contributed by atoms with Gasteiger partial charge in [0.05, 0.1) is 33.3 Å². The molecule has 7 aromatic carbocycles. The molecule has 0 aliphatic heterocycles. The number of phenolic OH excluding ortho intramolecular Hbond substituents is 1. The normalized spacial score (nSPS) is 12.2. The van der Waals surface area contributed by atoms with Gasteiger partial charge in [-0.2, -0.15) is 23.8 Å². The van der Waals surface area contributed by atoms with Crippen LogP contribution in [0, 0.1) is 0 Å². The van der Waals surface area contributed by atoms with Gasteiger partial charge < -0.3 is 5.11 Å². The van der Waals surface area contributed by atoms with Gasteiger partial charge in [0.1, 0.15) is 5.69 Å². The summed E-state index contributed by atoms with van der Waals surface area (Å²) in [5.41, 5.74) is 5.23. The molecular weight excluding hydrogens is 649 g/mol. The molecule has 11 heteroatoms. The van der Waals surface area contributed by atoms with E-state index in [1.165, 1.54) is 23.8 Å². The van der Waals surface area contributed by atoms with Gasteiger partial charge in [-0.3, -0.25) is 4.55 Å². The molecule has 0 unspecified atom stereocenters. The Labute approximate surface area is 287 Å². The van der Waals surface area contributed by atoms with Crippen LogP contribution in [0.25, 0.3) is 21.5 Å². The second kappa shape index (κ2) is 14.0. The summed E-state index contributed by atoms with van der Waals surface area (Å²) in [7, 11) is -4.51. The number of nitrogens with zero attached hydrogens (tertiary/aromatic N) is 6. The average Bonchev–Trinajstić information content (AvgIpc) is 3.14. The van der Waals surface area contributed by atoms with Crippen LogP contribution in [0.4, 0.5) is 34.1 Å². The van der Waals surface area contributed by atoms with Gasteiger partial charge in [0.15, 0.2) is 5.75 Å². The molecule has 10 nitrogen and oxygen atoms in total. The van der Waals surface area contributed by atoms with E-state index in [9.17, 15) is 18.1 Å². The third kappa shape index (κ3) is 7.34.